The van der Waals surface area contributed by atoms with Gasteiger partial charge in [-0.05, 0) is 62.4 Å². The minimum Gasteiger partial charge on any atom is -0.384 e. The Hall–Kier alpha value is -3.51. The van der Waals surface area contributed by atoms with Crippen molar-refractivity contribution in [1.82, 2.24) is 25.4 Å². The Morgan fingerprint density at radius 1 is 1.07 bits per heavy atom. The average Bonchev–Trinajstić information content (AvgIpc) is 3.40. The molecule has 1 aliphatic heterocycles. The summed E-state index contributed by atoms with van der Waals surface area (Å²) in [7, 11) is 3.33. The van der Waals surface area contributed by atoms with E-state index in [-0.39, 0.29) is 36.0 Å². The molecule has 2 heterocycles. The van der Waals surface area contributed by atoms with Crippen molar-refractivity contribution in [2.75, 3.05) is 33.7 Å². The van der Waals surface area contributed by atoms with Crippen LogP contribution in [0.2, 0.25) is 0 Å². The molecule has 40 heavy (non-hydrogen) atoms. The first-order valence-corrected chi connectivity index (χ1v) is 13.3. The molecule has 9 nitrogen and oxygen atoms in total. The van der Waals surface area contributed by atoms with E-state index < -0.39 is 23.2 Å². The Balaban J connectivity index is 1.22. The van der Waals surface area contributed by atoms with E-state index in [2.05, 4.69) is 15.6 Å². The van der Waals surface area contributed by atoms with Gasteiger partial charge in [-0.25, -0.2) is 0 Å². The molecule has 0 bridgehead atoms. The summed E-state index contributed by atoms with van der Waals surface area (Å²) in [5.74, 6) is -1.19. The molecule has 1 aromatic carbocycles. The molecular formula is C28H34F3N5O4. The first kappa shape index (κ1) is 29.5. The van der Waals surface area contributed by atoms with Gasteiger partial charge in [0.25, 0.3) is 11.8 Å². The van der Waals surface area contributed by atoms with Gasteiger partial charge in [-0.2, -0.15) is 13.2 Å². The maximum Gasteiger partial charge on any atom is 0.416 e. The number of likely N-dealkylation sites (tertiary alicyclic amines) is 1. The van der Waals surface area contributed by atoms with Crippen molar-refractivity contribution in [1.29, 1.82) is 0 Å². The Morgan fingerprint density at radius 3 is 2.42 bits per heavy atom. The molecular weight excluding hydrogens is 527 g/mol. The molecule has 4 rings (SSSR count). The van der Waals surface area contributed by atoms with Crippen LogP contribution in [-0.4, -0.2) is 83.4 Å². The SMILES string of the molecule is CN(C)C(=O)c1ccc(C2(O)CCC(N[C@H]3CCN(C(=O)CNC(=O)c4cccc(C(F)(F)F)c4)C3)CC2)nc1. The highest BCUT2D eigenvalue weighted by atomic mass is 19.4. The molecule has 0 unspecified atom stereocenters. The van der Waals surface area contributed by atoms with Gasteiger partial charge in [-0.15, -0.1) is 0 Å². The highest BCUT2D eigenvalue weighted by Crippen LogP contribution is 2.36. The molecule has 1 saturated heterocycles. The monoisotopic (exact) mass is 561 g/mol. The van der Waals surface area contributed by atoms with Gasteiger partial charge in [0, 0.05) is 51.0 Å². The summed E-state index contributed by atoms with van der Waals surface area (Å²) in [6.07, 6.45) is 0.118. The third-order valence-corrected chi connectivity index (χ3v) is 7.57. The zero-order chi connectivity index (χ0) is 29.1. The zero-order valence-corrected chi connectivity index (χ0v) is 22.5. The van der Waals surface area contributed by atoms with Gasteiger partial charge in [0.1, 0.15) is 5.60 Å². The fourth-order valence-electron chi connectivity index (χ4n) is 5.23. The summed E-state index contributed by atoms with van der Waals surface area (Å²) in [6, 6.07) is 7.68. The van der Waals surface area contributed by atoms with E-state index in [0.717, 1.165) is 24.6 Å². The summed E-state index contributed by atoms with van der Waals surface area (Å²) < 4.78 is 38.7. The van der Waals surface area contributed by atoms with Gasteiger partial charge in [-0.3, -0.25) is 19.4 Å². The highest BCUT2D eigenvalue weighted by Gasteiger charge is 2.37. The van der Waals surface area contributed by atoms with E-state index in [9.17, 15) is 32.7 Å². The molecule has 2 aliphatic rings. The van der Waals surface area contributed by atoms with Crippen LogP contribution in [0.3, 0.4) is 0 Å². The van der Waals surface area contributed by atoms with Crippen LogP contribution in [0.1, 0.15) is 64.1 Å². The molecule has 1 aliphatic carbocycles. The number of rotatable bonds is 7. The summed E-state index contributed by atoms with van der Waals surface area (Å²) in [6.45, 7) is 0.667. The number of hydrogen-bond acceptors (Lipinski definition) is 6. The number of aromatic nitrogens is 1. The second kappa shape index (κ2) is 11.9. The summed E-state index contributed by atoms with van der Waals surface area (Å²) in [5.41, 5.74) is -1.14. The molecule has 2 aromatic rings. The van der Waals surface area contributed by atoms with Crippen molar-refractivity contribution >= 4 is 17.7 Å². The van der Waals surface area contributed by atoms with Crippen LogP contribution in [0.15, 0.2) is 42.6 Å². The van der Waals surface area contributed by atoms with E-state index in [1.807, 2.05) is 0 Å². The minimum atomic E-state index is -4.56. The summed E-state index contributed by atoms with van der Waals surface area (Å²) in [5, 5.41) is 17.2. The van der Waals surface area contributed by atoms with Crippen molar-refractivity contribution in [3.8, 4) is 0 Å². The predicted octanol–water partition coefficient (Wildman–Crippen LogP) is 2.55. The van der Waals surface area contributed by atoms with E-state index in [1.165, 1.54) is 17.2 Å². The molecule has 2 fully saturated rings. The molecule has 216 valence electrons. The van der Waals surface area contributed by atoms with Gasteiger partial charge in [-0.1, -0.05) is 6.07 Å². The van der Waals surface area contributed by atoms with Gasteiger partial charge >= 0.3 is 6.18 Å². The molecule has 1 atom stereocenters. The van der Waals surface area contributed by atoms with Crippen LogP contribution in [0.4, 0.5) is 13.2 Å². The van der Waals surface area contributed by atoms with Gasteiger partial charge in [0.05, 0.1) is 23.4 Å². The lowest BCUT2D eigenvalue weighted by Gasteiger charge is -2.37. The predicted molar refractivity (Wildman–Crippen MR) is 140 cm³/mol. The van der Waals surface area contributed by atoms with E-state index in [1.54, 1.807) is 31.1 Å². The molecule has 1 aromatic heterocycles. The second-order valence-electron chi connectivity index (χ2n) is 10.7. The first-order valence-electron chi connectivity index (χ1n) is 13.3. The summed E-state index contributed by atoms with van der Waals surface area (Å²) in [4.78, 5) is 44.5. The molecule has 0 spiro atoms. The third kappa shape index (κ3) is 6.97. The van der Waals surface area contributed by atoms with Crippen molar-refractivity contribution in [3.63, 3.8) is 0 Å². The molecule has 3 amide bonds. The second-order valence-corrected chi connectivity index (χ2v) is 10.7. The number of aliphatic hydroxyl groups is 1. The number of nitrogens with one attached hydrogen (secondary N) is 2. The number of hydrogen-bond donors (Lipinski definition) is 3. The topological polar surface area (TPSA) is 115 Å². The van der Waals surface area contributed by atoms with Crippen LogP contribution in [-0.2, 0) is 16.6 Å². The number of carbonyl (C=O) groups is 3. The lowest BCUT2D eigenvalue weighted by atomic mass is 9.79. The van der Waals surface area contributed by atoms with Gasteiger partial charge in [0.15, 0.2) is 0 Å². The number of pyridine rings is 1. The number of nitrogens with zero attached hydrogens (tertiary/aromatic N) is 3. The van der Waals surface area contributed by atoms with Gasteiger partial charge in [0.2, 0.25) is 5.91 Å². The maximum atomic E-state index is 12.9. The maximum absolute atomic E-state index is 12.9. The Kier molecular flexibility index (Phi) is 8.79. The molecule has 1 saturated carbocycles. The average molecular weight is 562 g/mol. The van der Waals surface area contributed by atoms with Gasteiger partial charge < -0.3 is 25.5 Å². The standard InChI is InChI=1S/C28H34F3N5O4/c1-35(2)26(39)19-6-7-23(32-15-19)27(40)11-8-21(9-12-27)34-22-10-13-36(17-22)24(37)16-33-25(38)18-4-3-5-20(14-18)28(29,30)31/h3-7,14-15,21-22,34,40H,8-13,16-17H2,1-2H3,(H,33,38)/t21?,22-,27?/m0/s1. The third-order valence-electron chi connectivity index (χ3n) is 7.57. The smallest absolute Gasteiger partial charge is 0.384 e. The van der Waals surface area contributed by atoms with Crippen molar-refractivity contribution in [2.45, 2.75) is 56.0 Å². The fraction of sp³-hybridized carbons (Fsp3) is 0.500. The number of halogens is 3. The Morgan fingerprint density at radius 2 is 1.80 bits per heavy atom. The number of alkyl halides is 3. The molecule has 0 radical (unpaired) electrons. The van der Waals surface area contributed by atoms with E-state index in [0.29, 0.717) is 50.0 Å². The number of benzene rings is 1. The van der Waals surface area contributed by atoms with Crippen LogP contribution < -0.4 is 10.6 Å². The Labute approximate surface area is 230 Å². The first-order chi connectivity index (χ1) is 18.9. The van der Waals surface area contributed by atoms with Crippen molar-refractivity contribution in [3.05, 3.63) is 65.0 Å². The largest absolute Gasteiger partial charge is 0.416 e. The lowest BCUT2D eigenvalue weighted by molar-refractivity contribution is -0.137. The van der Waals surface area contributed by atoms with Crippen LogP contribution in [0.25, 0.3) is 0 Å². The Bertz CT molecular complexity index is 1230. The number of amides is 3. The van der Waals surface area contributed by atoms with E-state index >= 15 is 0 Å². The molecule has 3 N–H and O–H groups in total. The molecule has 12 heteroatoms. The van der Waals surface area contributed by atoms with Crippen molar-refractivity contribution in [2.24, 2.45) is 0 Å². The lowest BCUT2D eigenvalue weighted by Crippen LogP contribution is -2.46. The number of carbonyl (C=O) groups excluding carboxylic acids is 3. The van der Waals surface area contributed by atoms with E-state index in [4.69, 9.17) is 0 Å². The van der Waals surface area contributed by atoms with Crippen LogP contribution in [0, 0.1) is 0 Å². The minimum absolute atomic E-state index is 0.0637. The zero-order valence-electron chi connectivity index (χ0n) is 22.5. The normalized spacial score (nSPS) is 23.1. The highest BCUT2D eigenvalue weighted by molar-refractivity contribution is 5.96. The van der Waals surface area contributed by atoms with Crippen molar-refractivity contribution < 1.29 is 32.7 Å². The van der Waals surface area contributed by atoms with Crippen LogP contribution in [0.5, 0.6) is 0 Å². The fourth-order valence-corrected chi connectivity index (χ4v) is 5.23. The summed E-state index contributed by atoms with van der Waals surface area (Å²) >= 11 is 0. The quantitative estimate of drug-likeness (QED) is 0.479. The van der Waals surface area contributed by atoms with Crippen LogP contribution >= 0.6 is 0 Å².